The van der Waals surface area contributed by atoms with Gasteiger partial charge in [-0.05, 0) is 83.8 Å². The van der Waals surface area contributed by atoms with Crippen molar-refractivity contribution < 1.29 is 4.43 Å². The molecule has 2 heteroatoms. The summed E-state index contributed by atoms with van der Waals surface area (Å²) in [7, 11) is -2.62. The van der Waals surface area contributed by atoms with Crippen LogP contribution in [0.1, 0.15) is 77.0 Å². The average molecular weight is 483 g/mol. The van der Waals surface area contributed by atoms with Gasteiger partial charge in [0.05, 0.1) is 5.60 Å². The average Bonchev–Trinajstić information content (AvgIpc) is 2.83. The summed E-state index contributed by atoms with van der Waals surface area (Å²) < 4.78 is 7.92. The second kappa shape index (κ2) is 8.75. The molecule has 0 aromatic heterocycles. The van der Waals surface area contributed by atoms with Crippen LogP contribution in [0.3, 0.4) is 0 Å². The molecule has 2 aliphatic carbocycles. The zero-order valence-electron chi connectivity index (χ0n) is 22.5. The van der Waals surface area contributed by atoms with E-state index in [9.17, 15) is 0 Å². The third-order valence-electron chi connectivity index (χ3n) is 9.26. The Morgan fingerprint density at radius 3 is 2.00 bits per heavy atom. The number of aryl methyl sites for hydroxylation is 2. The van der Waals surface area contributed by atoms with Gasteiger partial charge in [-0.2, -0.15) is 0 Å². The molecule has 0 bridgehead atoms. The molecule has 0 aliphatic heterocycles. The van der Waals surface area contributed by atoms with Crippen molar-refractivity contribution in [3.63, 3.8) is 0 Å². The molecule has 1 fully saturated rings. The van der Waals surface area contributed by atoms with Crippen molar-refractivity contribution in [2.45, 2.75) is 89.7 Å². The van der Waals surface area contributed by atoms with Gasteiger partial charge in [-0.25, -0.2) is 0 Å². The summed E-state index contributed by atoms with van der Waals surface area (Å²) in [4.78, 5) is 0. The van der Waals surface area contributed by atoms with Gasteiger partial charge in [0.25, 0.3) is 8.32 Å². The minimum Gasteiger partial charge on any atom is -0.402 e. The molecule has 184 valence electrons. The second-order valence-corrected chi connectivity index (χ2v) is 16.8. The summed E-state index contributed by atoms with van der Waals surface area (Å²) in [6.45, 7) is 14.5. The van der Waals surface area contributed by atoms with Crippen molar-refractivity contribution in [2.75, 3.05) is 0 Å². The van der Waals surface area contributed by atoms with E-state index >= 15 is 0 Å². The Hall–Kier alpha value is -2.16. The van der Waals surface area contributed by atoms with E-state index in [1.807, 2.05) is 0 Å². The lowest BCUT2D eigenvalue weighted by Gasteiger charge is -2.59. The van der Waals surface area contributed by atoms with Gasteiger partial charge in [-0.3, -0.25) is 0 Å². The van der Waals surface area contributed by atoms with Gasteiger partial charge in [0.15, 0.2) is 0 Å². The lowest BCUT2D eigenvalue weighted by Crippen LogP contribution is -2.71. The van der Waals surface area contributed by atoms with E-state index in [-0.39, 0.29) is 16.1 Å². The molecule has 0 unspecified atom stereocenters. The Balaban J connectivity index is 1.68. The zero-order chi connectivity index (χ0) is 24.9. The minimum absolute atomic E-state index is 0.00424. The first-order valence-electron chi connectivity index (χ1n) is 13.5. The van der Waals surface area contributed by atoms with Crippen molar-refractivity contribution in [2.24, 2.45) is 5.92 Å². The van der Waals surface area contributed by atoms with E-state index in [1.54, 1.807) is 11.1 Å². The van der Waals surface area contributed by atoms with Gasteiger partial charge in [-0.1, -0.05) is 112 Å². The molecule has 1 nitrogen and oxygen atoms in total. The Morgan fingerprint density at radius 1 is 0.829 bits per heavy atom. The molecular weight excluding hydrogens is 440 g/mol. The van der Waals surface area contributed by atoms with Crippen LogP contribution in [0.25, 0.3) is 0 Å². The molecule has 2 aliphatic rings. The van der Waals surface area contributed by atoms with Crippen LogP contribution >= 0.6 is 0 Å². The Morgan fingerprint density at radius 2 is 1.43 bits per heavy atom. The molecule has 0 N–H and O–H groups in total. The molecule has 0 radical (unpaired) electrons. The van der Waals surface area contributed by atoms with Gasteiger partial charge in [0.1, 0.15) is 0 Å². The molecule has 3 aromatic carbocycles. The largest absolute Gasteiger partial charge is 0.402 e. The van der Waals surface area contributed by atoms with Crippen LogP contribution in [0.2, 0.25) is 5.04 Å². The lowest BCUT2D eigenvalue weighted by molar-refractivity contribution is -0.0618. The quantitative estimate of drug-likeness (QED) is 0.354. The molecule has 0 heterocycles. The summed E-state index contributed by atoms with van der Waals surface area (Å²) in [5.41, 5.74) is 4.53. The third-order valence-corrected chi connectivity index (χ3v) is 14.4. The van der Waals surface area contributed by atoms with E-state index in [1.165, 1.54) is 35.2 Å². The molecule has 3 atom stereocenters. The molecule has 0 saturated heterocycles. The maximum absolute atomic E-state index is 7.92. The highest BCUT2D eigenvalue weighted by Crippen LogP contribution is 2.56. The van der Waals surface area contributed by atoms with Crippen molar-refractivity contribution >= 4 is 18.7 Å². The first kappa shape index (κ1) is 24.5. The monoisotopic (exact) mass is 482 g/mol. The Labute approximate surface area is 214 Å². The predicted octanol–water partition coefficient (Wildman–Crippen LogP) is 7.33. The van der Waals surface area contributed by atoms with Crippen molar-refractivity contribution in [3.05, 3.63) is 95.6 Å². The summed E-state index contributed by atoms with van der Waals surface area (Å²) in [6, 6.07) is 29.5. The molecule has 0 spiro atoms. The van der Waals surface area contributed by atoms with Crippen LogP contribution in [0.5, 0.6) is 0 Å². The maximum Gasteiger partial charge on any atom is 0.261 e. The molecule has 3 aromatic rings. The minimum atomic E-state index is -2.62. The second-order valence-electron chi connectivity index (χ2n) is 12.6. The highest BCUT2D eigenvalue weighted by atomic mass is 28.4. The molecular formula is C33H42OSi. The van der Waals surface area contributed by atoms with Gasteiger partial charge in [-0.15, -0.1) is 0 Å². The highest BCUT2D eigenvalue weighted by Gasteiger charge is 2.59. The van der Waals surface area contributed by atoms with Gasteiger partial charge in [0.2, 0.25) is 0 Å². The van der Waals surface area contributed by atoms with Crippen molar-refractivity contribution in [3.8, 4) is 0 Å². The number of rotatable bonds is 4. The molecule has 0 amide bonds. The maximum atomic E-state index is 7.92. The zero-order valence-corrected chi connectivity index (χ0v) is 23.5. The van der Waals surface area contributed by atoms with Crippen molar-refractivity contribution in [1.29, 1.82) is 0 Å². The predicted molar refractivity (Wildman–Crippen MR) is 151 cm³/mol. The van der Waals surface area contributed by atoms with E-state index in [2.05, 4.69) is 120 Å². The number of fused-ring (bicyclic) bond motifs is 3. The number of benzene rings is 3. The molecule has 35 heavy (non-hydrogen) atoms. The Bertz CT molecular complexity index is 1140. The summed E-state index contributed by atoms with van der Waals surface area (Å²) in [5.74, 6) is 0.514. The fourth-order valence-corrected chi connectivity index (χ4v) is 12.5. The normalized spacial score (nSPS) is 26.6. The Kier molecular flexibility index (Phi) is 6.13. The standard InChI is InChI=1S/C33H42OSi/c1-25-18-19-26-20-21-30-32(5,29(26)24-25)22-13-23-33(30,6)34-35(31(2,3)4,27-14-9-7-10-15-27)28-16-11-8-12-17-28/h7-12,14-19,24,30H,13,20-23H2,1-6H3/t30-,32-,33-/m1/s1. The smallest absolute Gasteiger partial charge is 0.261 e. The van der Waals surface area contributed by atoms with Crippen molar-refractivity contribution in [1.82, 2.24) is 0 Å². The van der Waals surface area contributed by atoms with E-state index in [4.69, 9.17) is 4.43 Å². The first-order chi connectivity index (χ1) is 16.6. The molecule has 1 saturated carbocycles. The van der Waals surface area contributed by atoms with Crippen LogP contribution in [-0.4, -0.2) is 13.9 Å². The van der Waals surface area contributed by atoms with Crippen LogP contribution < -0.4 is 10.4 Å². The highest BCUT2D eigenvalue weighted by molar-refractivity contribution is 6.99. The van der Waals surface area contributed by atoms with E-state index in [0.29, 0.717) is 5.92 Å². The summed E-state index contributed by atoms with van der Waals surface area (Å²) >= 11 is 0. The van der Waals surface area contributed by atoms with Crippen LogP contribution in [-0.2, 0) is 16.3 Å². The van der Waals surface area contributed by atoms with Gasteiger partial charge >= 0.3 is 0 Å². The summed E-state index contributed by atoms with van der Waals surface area (Å²) in [5, 5.41) is 2.77. The fourth-order valence-electron chi connectivity index (χ4n) is 7.64. The topological polar surface area (TPSA) is 9.23 Å². The third kappa shape index (κ3) is 3.94. The van der Waals surface area contributed by atoms with Gasteiger partial charge < -0.3 is 4.43 Å². The van der Waals surface area contributed by atoms with Crippen LogP contribution in [0.15, 0.2) is 78.9 Å². The lowest BCUT2D eigenvalue weighted by atomic mass is 9.53. The van der Waals surface area contributed by atoms with E-state index in [0.717, 1.165) is 12.8 Å². The summed E-state index contributed by atoms with van der Waals surface area (Å²) in [6.07, 6.45) is 5.98. The fraction of sp³-hybridized carbons (Fsp3) is 0.455. The number of hydrogen-bond acceptors (Lipinski definition) is 1. The molecule has 5 rings (SSSR count). The number of hydrogen-bond donors (Lipinski definition) is 0. The van der Waals surface area contributed by atoms with Gasteiger partial charge in [0, 0.05) is 0 Å². The van der Waals surface area contributed by atoms with Crippen LogP contribution in [0, 0.1) is 12.8 Å². The van der Waals surface area contributed by atoms with Crippen LogP contribution in [0.4, 0.5) is 0 Å². The van der Waals surface area contributed by atoms with E-state index < -0.39 is 8.32 Å². The SMILES string of the molecule is Cc1ccc2c(c1)[C@@]1(C)CCC[C@@](C)(O[Si](c3ccccc3)(c3ccccc3)C(C)(C)C)[C@@H]1CC2. The first-order valence-corrected chi connectivity index (χ1v) is 15.4.